The Morgan fingerprint density at radius 2 is 0.944 bits per heavy atom. The number of methoxy groups -OCH3 is 4. The van der Waals surface area contributed by atoms with Crippen LogP contribution in [0.3, 0.4) is 0 Å². The number of para-hydroxylation sites is 2. The lowest BCUT2D eigenvalue weighted by Crippen LogP contribution is -2.57. The monoisotopic (exact) mass is 1260 g/mol. The Kier molecular flexibility index (Phi) is 28.5. The van der Waals surface area contributed by atoms with Crippen molar-refractivity contribution >= 4 is 30.3 Å². The summed E-state index contributed by atoms with van der Waals surface area (Å²) in [5, 5.41) is 3.52. The Balaban J connectivity index is 0.000000287. The number of benzene rings is 6. The van der Waals surface area contributed by atoms with E-state index >= 15 is 0 Å². The van der Waals surface area contributed by atoms with Crippen LogP contribution in [0, 0.1) is 11.8 Å². The first-order valence-electron chi connectivity index (χ1n) is 30.8. The van der Waals surface area contributed by atoms with Crippen LogP contribution in [0.1, 0.15) is 94.9 Å². The molecule has 3 amide bonds. The third-order valence-electron chi connectivity index (χ3n) is 14.8. The second kappa shape index (κ2) is 36.1. The number of amides is 3. The standard InChI is InChI=1S/C38H50N2O8.C33H42N2O6.ClH/c1-27(2)40(36(41)29-17-18-34(44-7)35(22-29)45-20-12-19-43-6)30-21-28(24-39(25-30)37(42)48-38(3,4)5)26-46-32-15-11-16-33(23-32)47-31-13-9-8-10-14-31;1-24(2)35(33(36)26-14-15-31(38-4)32(19-26)39-17-9-16-37-3)27-18-25(21-34-22-27)23-40-29-12-8-13-30(20-29)41-28-10-6-5-7-11-28;/h8-11,13-18,22-23,27-28,30H,12,19-21,24-26H2,1-7H3;5-8,10-15,19-20,24-25,27,34H,9,16-18,21-23H2,1-4H3;1H/t28-,30+;25-,27+;/m00./s1. The van der Waals surface area contributed by atoms with E-state index in [9.17, 15) is 14.4 Å². The van der Waals surface area contributed by atoms with E-state index < -0.39 is 11.7 Å². The second-order valence-corrected chi connectivity index (χ2v) is 23.7. The van der Waals surface area contributed by atoms with Gasteiger partial charge in [0.15, 0.2) is 23.0 Å². The summed E-state index contributed by atoms with van der Waals surface area (Å²) in [6, 6.07) is 44.7. The first-order chi connectivity index (χ1) is 42.9. The van der Waals surface area contributed by atoms with Gasteiger partial charge in [0.1, 0.15) is 40.1 Å². The molecule has 6 aromatic rings. The lowest BCUT2D eigenvalue weighted by molar-refractivity contribution is -0.00553. The molecule has 90 heavy (non-hydrogen) atoms. The van der Waals surface area contributed by atoms with Gasteiger partial charge in [0.2, 0.25) is 0 Å². The van der Waals surface area contributed by atoms with Crippen LogP contribution >= 0.6 is 12.4 Å². The van der Waals surface area contributed by atoms with Crippen molar-refractivity contribution in [2.45, 2.75) is 104 Å². The van der Waals surface area contributed by atoms with Crippen LogP contribution in [0.2, 0.25) is 0 Å². The van der Waals surface area contributed by atoms with E-state index in [1.54, 1.807) is 69.7 Å². The Labute approximate surface area is 538 Å². The SMILES string of the molecule is COCCCOc1cc(C(=O)N(C(C)C)[C@@H]2C[C@H](COc3cccc(Oc4ccccc4)c3)CN(C(=O)OC(C)(C)C)C2)ccc1OC.COCCCOc1cc(C(=O)N(C(C)C)[C@H]2CNC[C@@H](COc3cccc(Oc4ccccc4)c3)C2)ccc1OC.Cl. The lowest BCUT2D eigenvalue weighted by atomic mass is 9.92. The number of rotatable bonds is 28. The second-order valence-electron chi connectivity index (χ2n) is 23.7. The molecule has 0 saturated carbocycles. The molecule has 0 aliphatic carbocycles. The molecule has 2 heterocycles. The van der Waals surface area contributed by atoms with Gasteiger partial charge in [-0.05, 0) is 146 Å². The van der Waals surface area contributed by atoms with Crippen LogP contribution in [0.25, 0.3) is 0 Å². The zero-order valence-corrected chi connectivity index (χ0v) is 55.0. The first kappa shape index (κ1) is 71.2. The molecule has 2 saturated heterocycles. The number of carbonyl (C=O) groups is 3. The minimum Gasteiger partial charge on any atom is -0.493 e. The third kappa shape index (κ3) is 22.0. The average molecular weight is 1260 g/mol. The minimum atomic E-state index is -0.661. The molecule has 0 bridgehead atoms. The molecule has 8 rings (SSSR count). The Bertz CT molecular complexity index is 3130. The molecular formula is C71H93ClN4O14. The summed E-state index contributed by atoms with van der Waals surface area (Å²) in [5.74, 6) is 6.51. The maximum absolute atomic E-state index is 14.2. The maximum Gasteiger partial charge on any atom is 0.410 e. The Morgan fingerprint density at radius 3 is 1.40 bits per heavy atom. The molecule has 2 fully saturated rings. The molecule has 19 heteroatoms. The number of hydrogen-bond acceptors (Lipinski definition) is 15. The zero-order valence-electron chi connectivity index (χ0n) is 54.2. The first-order valence-corrected chi connectivity index (χ1v) is 30.8. The number of piperidine rings is 2. The fourth-order valence-corrected chi connectivity index (χ4v) is 10.8. The Hall–Kier alpha value is -7.90. The topological polar surface area (TPSA) is 174 Å². The van der Waals surface area contributed by atoms with Crippen LogP contribution in [-0.4, -0.2) is 157 Å². The molecule has 2 aliphatic heterocycles. The number of hydrogen-bond donors (Lipinski definition) is 1. The molecule has 0 spiro atoms. The third-order valence-corrected chi connectivity index (χ3v) is 14.8. The molecule has 6 aromatic carbocycles. The van der Waals surface area contributed by atoms with E-state index in [2.05, 4.69) is 19.2 Å². The fraction of sp³-hybridized carbons (Fsp3) is 0.451. The van der Waals surface area contributed by atoms with Gasteiger partial charge >= 0.3 is 6.09 Å². The van der Waals surface area contributed by atoms with E-state index in [1.165, 1.54) is 0 Å². The summed E-state index contributed by atoms with van der Waals surface area (Å²) in [7, 11) is 6.48. The highest BCUT2D eigenvalue weighted by Crippen LogP contribution is 2.34. The molecule has 2 aliphatic rings. The normalized spacial score (nSPS) is 16.3. The van der Waals surface area contributed by atoms with Crippen LogP contribution in [0.5, 0.6) is 57.5 Å². The van der Waals surface area contributed by atoms with Crippen molar-refractivity contribution in [3.05, 3.63) is 157 Å². The van der Waals surface area contributed by atoms with Gasteiger partial charge in [-0.25, -0.2) is 4.79 Å². The summed E-state index contributed by atoms with van der Waals surface area (Å²) in [5.41, 5.74) is 0.393. The summed E-state index contributed by atoms with van der Waals surface area (Å²) < 4.78 is 63.3. The summed E-state index contributed by atoms with van der Waals surface area (Å²) in [6.45, 7) is 18.9. The smallest absolute Gasteiger partial charge is 0.410 e. The zero-order chi connectivity index (χ0) is 63.7. The summed E-state index contributed by atoms with van der Waals surface area (Å²) >= 11 is 0. The molecule has 0 aromatic heterocycles. The van der Waals surface area contributed by atoms with Gasteiger partial charge in [0.05, 0.1) is 46.7 Å². The van der Waals surface area contributed by atoms with E-state index in [1.807, 2.05) is 154 Å². The lowest BCUT2D eigenvalue weighted by Gasteiger charge is -2.44. The van der Waals surface area contributed by atoms with Gasteiger partial charge in [0.25, 0.3) is 11.8 Å². The number of ether oxygens (including phenoxy) is 11. The van der Waals surface area contributed by atoms with Crippen molar-refractivity contribution in [1.29, 1.82) is 0 Å². The number of likely N-dealkylation sites (tertiary alicyclic amines) is 1. The molecular weight excluding hydrogens is 1170 g/mol. The van der Waals surface area contributed by atoms with Crippen molar-refractivity contribution in [3.63, 3.8) is 0 Å². The number of halogens is 1. The van der Waals surface area contributed by atoms with Crippen LogP contribution in [0.15, 0.2) is 146 Å². The number of nitrogens with one attached hydrogen (secondary N) is 1. The molecule has 18 nitrogen and oxygen atoms in total. The van der Waals surface area contributed by atoms with Crippen molar-refractivity contribution in [1.82, 2.24) is 20.0 Å². The van der Waals surface area contributed by atoms with E-state index in [0.717, 1.165) is 48.9 Å². The summed E-state index contributed by atoms with van der Waals surface area (Å²) in [4.78, 5) is 47.0. The van der Waals surface area contributed by atoms with Gasteiger partial charge in [-0.2, -0.15) is 0 Å². The number of nitrogens with zero attached hydrogens (tertiary/aromatic N) is 3. The maximum atomic E-state index is 14.2. The number of carbonyl (C=O) groups excluding carboxylic acids is 3. The predicted octanol–water partition coefficient (Wildman–Crippen LogP) is 13.7. The Morgan fingerprint density at radius 1 is 0.500 bits per heavy atom. The molecule has 4 atom stereocenters. The highest BCUT2D eigenvalue weighted by Gasteiger charge is 2.39. The molecule has 0 unspecified atom stereocenters. The van der Waals surface area contributed by atoms with Crippen molar-refractivity contribution in [2.75, 3.05) is 94.3 Å². The van der Waals surface area contributed by atoms with E-state index in [-0.39, 0.29) is 60.2 Å². The van der Waals surface area contributed by atoms with Gasteiger partial charge in [-0.3, -0.25) is 9.59 Å². The van der Waals surface area contributed by atoms with Crippen LogP contribution in [-0.2, 0) is 14.2 Å². The predicted molar refractivity (Wildman–Crippen MR) is 351 cm³/mol. The van der Waals surface area contributed by atoms with Crippen LogP contribution in [0.4, 0.5) is 4.79 Å². The summed E-state index contributed by atoms with van der Waals surface area (Å²) in [6.07, 6.45) is 2.51. The van der Waals surface area contributed by atoms with Gasteiger partial charge in [0, 0.05) is 120 Å². The van der Waals surface area contributed by atoms with Gasteiger partial charge in [-0.1, -0.05) is 48.5 Å². The van der Waals surface area contributed by atoms with Crippen molar-refractivity contribution in [2.24, 2.45) is 11.8 Å². The van der Waals surface area contributed by atoms with Gasteiger partial charge in [-0.15, -0.1) is 12.4 Å². The van der Waals surface area contributed by atoms with Crippen LogP contribution < -0.4 is 43.2 Å². The van der Waals surface area contributed by atoms with E-state index in [0.29, 0.717) is 111 Å². The minimum absolute atomic E-state index is 0. The largest absolute Gasteiger partial charge is 0.493 e. The quantitative estimate of drug-likeness (QED) is 0.0459. The molecule has 1 N–H and O–H groups in total. The van der Waals surface area contributed by atoms with Crippen molar-refractivity contribution in [3.8, 4) is 57.5 Å². The molecule has 488 valence electrons. The van der Waals surface area contributed by atoms with Crippen molar-refractivity contribution < 1.29 is 66.5 Å². The highest BCUT2D eigenvalue weighted by atomic mass is 35.5. The average Bonchev–Trinajstić information content (AvgIpc) is 2.15. The molecule has 0 radical (unpaired) electrons. The highest BCUT2D eigenvalue weighted by molar-refractivity contribution is 5.96. The van der Waals surface area contributed by atoms with Gasteiger partial charge < -0.3 is 72.1 Å². The van der Waals surface area contributed by atoms with E-state index in [4.69, 9.17) is 52.1 Å². The fourth-order valence-electron chi connectivity index (χ4n) is 10.8.